The summed E-state index contributed by atoms with van der Waals surface area (Å²) in [5, 5.41) is 4.34. The molecule has 2 N–H and O–H groups in total. The first-order valence-electron chi connectivity index (χ1n) is 9.60. The average Bonchev–Trinajstić information content (AvgIpc) is 3.35. The highest BCUT2D eigenvalue weighted by Crippen LogP contribution is 2.30. The zero-order valence-corrected chi connectivity index (χ0v) is 17.6. The monoisotopic (exact) mass is 472 g/mol. The Kier molecular flexibility index (Phi) is 5.56. The second kappa shape index (κ2) is 8.07. The molecule has 172 valence electrons. The molecule has 0 bridgehead atoms. The SMILES string of the molecule is CS(=O)(=O)C(CCNC(=O)c1noc2c1CN(c1ncnc3[nH]ccc13)CC2)C(F)(F)F. The van der Waals surface area contributed by atoms with E-state index in [-0.39, 0.29) is 12.2 Å². The number of fused-ring (bicyclic) bond motifs is 2. The highest BCUT2D eigenvalue weighted by atomic mass is 32.2. The molecule has 3 aromatic rings. The van der Waals surface area contributed by atoms with Gasteiger partial charge in [-0.2, -0.15) is 13.2 Å². The molecule has 0 spiro atoms. The number of hydrogen-bond acceptors (Lipinski definition) is 8. The summed E-state index contributed by atoms with van der Waals surface area (Å²) in [6, 6.07) is 1.83. The number of amides is 1. The smallest absolute Gasteiger partial charge is 0.360 e. The minimum atomic E-state index is -4.92. The highest BCUT2D eigenvalue weighted by Gasteiger charge is 2.46. The summed E-state index contributed by atoms with van der Waals surface area (Å²) >= 11 is 0. The molecule has 0 saturated heterocycles. The summed E-state index contributed by atoms with van der Waals surface area (Å²) in [7, 11) is -4.37. The number of carbonyl (C=O) groups is 1. The number of nitrogens with one attached hydrogen (secondary N) is 2. The molecule has 32 heavy (non-hydrogen) atoms. The number of aromatic nitrogens is 4. The molecule has 1 aliphatic rings. The Balaban J connectivity index is 1.48. The molecule has 4 rings (SSSR count). The fourth-order valence-corrected chi connectivity index (χ4v) is 4.73. The van der Waals surface area contributed by atoms with Gasteiger partial charge in [0.25, 0.3) is 5.91 Å². The quantitative estimate of drug-likeness (QED) is 0.553. The number of anilines is 1. The molecule has 4 heterocycles. The van der Waals surface area contributed by atoms with Gasteiger partial charge >= 0.3 is 6.18 Å². The van der Waals surface area contributed by atoms with Gasteiger partial charge in [0, 0.05) is 37.5 Å². The van der Waals surface area contributed by atoms with E-state index in [0.29, 0.717) is 42.0 Å². The molecule has 0 saturated carbocycles. The second-order valence-corrected chi connectivity index (χ2v) is 9.67. The van der Waals surface area contributed by atoms with Crippen LogP contribution in [0.1, 0.15) is 28.2 Å². The predicted molar refractivity (Wildman–Crippen MR) is 107 cm³/mol. The first kappa shape index (κ1) is 22.0. The predicted octanol–water partition coefficient (Wildman–Crippen LogP) is 1.60. The van der Waals surface area contributed by atoms with Gasteiger partial charge < -0.3 is 19.7 Å². The van der Waals surface area contributed by atoms with Gasteiger partial charge in [0.05, 0.1) is 11.9 Å². The van der Waals surface area contributed by atoms with Crippen LogP contribution in [0.25, 0.3) is 11.0 Å². The number of alkyl halides is 3. The summed E-state index contributed by atoms with van der Waals surface area (Å²) < 4.78 is 67.1. The lowest BCUT2D eigenvalue weighted by molar-refractivity contribution is -0.131. The highest BCUT2D eigenvalue weighted by molar-refractivity contribution is 7.91. The molecule has 3 aromatic heterocycles. The molecule has 0 aromatic carbocycles. The van der Waals surface area contributed by atoms with Gasteiger partial charge in [0.1, 0.15) is 23.6 Å². The van der Waals surface area contributed by atoms with Crippen molar-refractivity contribution in [2.24, 2.45) is 0 Å². The van der Waals surface area contributed by atoms with Crippen LogP contribution in [0.15, 0.2) is 23.1 Å². The van der Waals surface area contributed by atoms with E-state index in [1.165, 1.54) is 6.33 Å². The van der Waals surface area contributed by atoms with Crippen LogP contribution in [-0.2, 0) is 22.8 Å². The maximum atomic E-state index is 13.0. The lowest BCUT2D eigenvalue weighted by atomic mass is 10.1. The van der Waals surface area contributed by atoms with E-state index in [1.54, 1.807) is 6.20 Å². The minimum Gasteiger partial charge on any atom is -0.360 e. The summed E-state index contributed by atoms with van der Waals surface area (Å²) in [6.45, 7) is 0.326. The third-order valence-corrected chi connectivity index (χ3v) is 6.79. The molecule has 0 radical (unpaired) electrons. The van der Waals surface area contributed by atoms with Crippen LogP contribution in [0.5, 0.6) is 0 Å². The van der Waals surface area contributed by atoms with E-state index in [1.807, 2.05) is 11.0 Å². The van der Waals surface area contributed by atoms with Crippen LogP contribution in [0.3, 0.4) is 0 Å². The van der Waals surface area contributed by atoms with Crippen molar-refractivity contribution in [1.82, 2.24) is 25.4 Å². The maximum Gasteiger partial charge on any atom is 0.405 e. The van der Waals surface area contributed by atoms with Crippen LogP contribution in [0, 0.1) is 0 Å². The van der Waals surface area contributed by atoms with Crippen LogP contribution < -0.4 is 10.2 Å². The number of hydrogen-bond donors (Lipinski definition) is 2. The van der Waals surface area contributed by atoms with Gasteiger partial charge in [-0.05, 0) is 12.5 Å². The summed E-state index contributed by atoms with van der Waals surface area (Å²) in [5.41, 5.74) is 1.12. The Morgan fingerprint density at radius 1 is 1.38 bits per heavy atom. The lowest BCUT2D eigenvalue weighted by Crippen LogP contribution is -2.39. The third-order valence-electron chi connectivity index (χ3n) is 5.25. The third kappa shape index (κ3) is 4.26. The number of sulfone groups is 1. The van der Waals surface area contributed by atoms with Gasteiger partial charge in [-0.3, -0.25) is 4.79 Å². The number of H-pyrrole nitrogens is 1. The Morgan fingerprint density at radius 3 is 2.88 bits per heavy atom. The van der Waals surface area contributed by atoms with E-state index >= 15 is 0 Å². The normalized spacial score (nSPS) is 15.6. The maximum absolute atomic E-state index is 13.0. The van der Waals surface area contributed by atoms with Crippen molar-refractivity contribution < 1.29 is 30.9 Å². The van der Waals surface area contributed by atoms with Crippen LogP contribution in [-0.4, -0.2) is 65.2 Å². The molecule has 0 aliphatic carbocycles. The first-order valence-corrected chi connectivity index (χ1v) is 11.6. The van der Waals surface area contributed by atoms with Crippen LogP contribution >= 0.6 is 0 Å². The van der Waals surface area contributed by atoms with E-state index in [0.717, 1.165) is 5.39 Å². The van der Waals surface area contributed by atoms with Crippen molar-refractivity contribution in [2.75, 3.05) is 24.2 Å². The average molecular weight is 472 g/mol. The largest absolute Gasteiger partial charge is 0.405 e. The second-order valence-electron chi connectivity index (χ2n) is 7.45. The van der Waals surface area contributed by atoms with Crippen molar-refractivity contribution in [2.45, 2.75) is 30.8 Å². The first-order chi connectivity index (χ1) is 15.1. The molecule has 14 heteroatoms. The summed E-state index contributed by atoms with van der Waals surface area (Å²) in [6.07, 6.45) is -1.59. The Bertz CT molecular complexity index is 1250. The van der Waals surface area contributed by atoms with Gasteiger partial charge in [-0.25, -0.2) is 18.4 Å². The molecule has 0 fully saturated rings. The Labute approximate surface area is 180 Å². The van der Waals surface area contributed by atoms with E-state index < -0.39 is 40.1 Å². The van der Waals surface area contributed by atoms with Crippen molar-refractivity contribution in [3.8, 4) is 0 Å². The molecule has 10 nitrogen and oxygen atoms in total. The number of halogens is 3. The van der Waals surface area contributed by atoms with Crippen molar-refractivity contribution in [1.29, 1.82) is 0 Å². The number of carbonyl (C=O) groups excluding carboxylic acids is 1. The fourth-order valence-electron chi connectivity index (χ4n) is 3.70. The van der Waals surface area contributed by atoms with Crippen LogP contribution in [0.4, 0.5) is 19.0 Å². The van der Waals surface area contributed by atoms with Gasteiger partial charge in [0.15, 0.2) is 20.8 Å². The Hall–Kier alpha value is -3.16. The Morgan fingerprint density at radius 2 is 2.16 bits per heavy atom. The molecule has 1 amide bonds. The summed E-state index contributed by atoms with van der Waals surface area (Å²) in [4.78, 5) is 26.0. The van der Waals surface area contributed by atoms with Gasteiger partial charge in [-0.1, -0.05) is 5.16 Å². The van der Waals surface area contributed by atoms with Gasteiger partial charge in [0.2, 0.25) is 0 Å². The molecule has 1 unspecified atom stereocenters. The fraction of sp³-hybridized carbons (Fsp3) is 0.444. The van der Waals surface area contributed by atoms with E-state index in [9.17, 15) is 26.4 Å². The minimum absolute atomic E-state index is 0.0491. The van der Waals surface area contributed by atoms with Crippen molar-refractivity contribution in [3.05, 3.63) is 35.6 Å². The lowest BCUT2D eigenvalue weighted by Gasteiger charge is -2.27. The van der Waals surface area contributed by atoms with E-state index in [2.05, 4.69) is 25.4 Å². The van der Waals surface area contributed by atoms with E-state index in [4.69, 9.17) is 4.52 Å². The topological polar surface area (TPSA) is 134 Å². The molecule has 1 atom stereocenters. The zero-order chi connectivity index (χ0) is 23.1. The number of nitrogens with zero attached hydrogens (tertiary/aromatic N) is 4. The summed E-state index contributed by atoms with van der Waals surface area (Å²) in [5.74, 6) is 0.437. The van der Waals surface area contributed by atoms with Crippen molar-refractivity contribution >= 4 is 32.6 Å². The van der Waals surface area contributed by atoms with Crippen molar-refractivity contribution in [3.63, 3.8) is 0 Å². The molecular weight excluding hydrogens is 453 g/mol. The molecular formula is C18H19F3N6O4S. The number of rotatable bonds is 6. The number of aromatic amines is 1. The van der Waals surface area contributed by atoms with Crippen LogP contribution in [0.2, 0.25) is 0 Å². The standard InChI is InChI=1S/C18H19F3N6O4S/c1-32(29,30)13(18(19,20)21)3-6-23-17(28)14-11-8-27(7-4-12(11)31-26-14)16-10-2-5-22-15(10)24-9-25-16/h2,5,9,13H,3-4,6-8H2,1H3,(H,23,28)(H,22,24,25). The van der Waals surface area contributed by atoms with Gasteiger partial charge in [-0.15, -0.1) is 0 Å². The molecule has 1 aliphatic heterocycles. The zero-order valence-electron chi connectivity index (χ0n) is 16.8.